The largest absolute Gasteiger partial charge is 0.0938 e. The Bertz CT molecular complexity index is 383. The zero-order chi connectivity index (χ0) is 15.5. The molecule has 6 aliphatic carbocycles. The first-order valence-corrected chi connectivity index (χ1v) is 12.1. The van der Waals surface area contributed by atoms with Gasteiger partial charge in [0.05, 0.1) is 0 Å². The van der Waals surface area contributed by atoms with Gasteiger partial charge in [-0.15, -0.1) is 0 Å². The summed E-state index contributed by atoms with van der Waals surface area (Å²) in [5.41, 5.74) is 1.34. The highest BCUT2D eigenvalue weighted by atomic mass is 33.1. The van der Waals surface area contributed by atoms with Gasteiger partial charge in [0.15, 0.2) is 0 Å². The van der Waals surface area contributed by atoms with E-state index in [0.717, 1.165) is 35.5 Å². The van der Waals surface area contributed by atoms with Gasteiger partial charge in [-0.25, -0.2) is 0 Å². The van der Waals surface area contributed by atoms with Crippen LogP contribution in [-0.4, -0.2) is 11.5 Å². The molecule has 6 atom stereocenters. The normalized spacial score (nSPS) is 47.5. The lowest BCUT2D eigenvalue weighted by Crippen LogP contribution is -2.53. The fourth-order valence-corrected chi connectivity index (χ4v) is 9.56. The van der Waals surface area contributed by atoms with Gasteiger partial charge in [-0.1, -0.05) is 49.3 Å². The van der Waals surface area contributed by atoms with Gasteiger partial charge in [-0.3, -0.25) is 0 Å². The van der Waals surface area contributed by atoms with Crippen molar-refractivity contribution in [1.29, 1.82) is 0 Å². The minimum absolute atomic E-state index is 0.669. The van der Waals surface area contributed by atoms with Crippen LogP contribution < -0.4 is 0 Å². The van der Waals surface area contributed by atoms with Crippen LogP contribution in [0.5, 0.6) is 0 Å². The Morgan fingerprint density at radius 3 is 1.41 bits per heavy atom. The smallest absolute Gasteiger partial charge is 0.00681 e. The summed E-state index contributed by atoms with van der Waals surface area (Å²) in [7, 11) is 4.44. The Labute approximate surface area is 145 Å². The molecule has 0 heterocycles. The molecule has 6 rings (SSSR count). The Kier molecular flexibility index (Phi) is 4.13. The summed E-state index contributed by atoms with van der Waals surface area (Å²) in [6, 6.07) is 0. The van der Waals surface area contributed by atoms with Gasteiger partial charge in [0.1, 0.15) is 0 Å². The van der Waals surface area contributed by atoms with Gasteiger partial charge in [-0.2, -0.15) is 0 Å². The highest BCUT2D eigenvalue weighted by Gasteiger charge is 2.55. The summed E-state index contributed by atoms with van der Waals surface area (Å²) in [4.78, 5) is 0. The molecule has 0 unspecified atom stereocenters. The maximum absolute atomic E-state index is 2.53. The van der Waals surface area contributed by atoms with E-state index < -0.39 is 0 Å². The third-order valence-electron chi connectivity index (χ3n) is 8.65. The molecule has 2 heteroatoms. The van der Waals surface area contributed by atoms with Gasteiger partial charge in [0.2, 0.25) is 0 Å². The van der Waals surface area contributed by atoms with Crippen LogP contribution in [0.25, 0.3) is 0 Å². The van der Waals surface area contributed by atoms with Gasteiger partial charge in [-0.05, 0) is 84.9 Å². The molecule has 6 aliphatic rings. The van der Waals surface area contributed by atoms with Gasteiger partial charge >= 0.3 is 0 Å². The molecule has 0 nitrogen and oxygen atoms in total. The Balaban J connectivity index is 1.20. The van der Waals surface area contributed by atoms with Crippen LogP contribution >= 0.6 is 21.6 Å². The van der Waals surface area contributed by atoms with E-state index in [9.17, 15) is 0 Å². The van der Waals surface area contributed by atoms with E-state index in [-0.39, 0.29) is 0 Å². The molecule has 0 amide bonds. The molecule has 0 aromatic rings. The van der Waals surface area contributed by atoms with E-state index >= 15 is 0 Å². The second-order valence-corrected chi connectivity index (χ2v) is 12.5. The molecule has 0 aliphatic heterocycles. The van der Waals surface area contributed by atoms with E-state index in [1.54, 1.807) is 12.8 Å². The average Bonchev–Trinajstić information content (AvgIpc) is 2.51. The average molecular weight is 339 g/mol. The molecular formula is C20H34S2. The number of hydrogen-bond donors (Lipinski definition) is 0. The zero-order valence-corrected chi connectivity index (χ0v) is 16.6. The molecule has 0 radical (unpaired) electrons. The fourth-order valence-electron chi connectivity index (χ4n) is 6.60. The van der Waals surface area contributed by atoms with Crippen LogP contribution in [0.4, 0.5) is 0 Å². The second-order valence-electron chi connectivity index (χ2n) is 9.96. The zero-order valence-electron chi connectivity index (χ0n) is 14.9. The highest BCUT2D eigenvalue weighted by Crippen LogP contribution is 2.63. The first kappa shape index (κ1) is 16.2. The van der Waals surface area contributed by atoms with Crippen LogP contribution in [0.1, 0.15) is 66.2 Å². The summed E-state index contributed by atoms with van der Waals surface area (Å²) < 4.78 is 0. The van der Waals surface area contributed by atoms with Crippen LogP contribution in [0.15, 0.2) is 0 Å². The molecular weight excluding hydrogens is 304 g/mol. The molecule has 6 fully saturated rings. The fraction of sp³-hybridized carbons (Fsp3) is 1.00. The van der Waals surface area contributed by atoms with Crippen molar-refractivity contribution in [2.45, 2.75) is 66.2 Å². The minimum atomic E-state index is 0.669. The summed E-state index contributed by atoms with van der Waals surface area (Å²) in [6.45, 7) is 10.1. The van der Waals surface area contributed by atoms with Crippen molar-refractivity contribution in [3.8, 4) is 0 Å². The van der Waals surface area contributed by atoms with E-state index in [1.807, 2.05) is 0 Å². The lowest BCUT2D eigenvalue weighted by atomic mass is 9.46. The Hall–Kier alpha value is 0.700. The maximum atomic E-state index is 2.53. The topological polar surface area (TPSA) is 0 Å². The van der Waals surface area contributed by atoms with Crippen LogP contribution in [-0.2, 0) is 0 Å². The molecule has 0 N–H and O–H groups in total. The second kappa shape index (κ2) is 5.61. The first-order valence-electron chi connectivity index (χ1n) is 9.65. The van der Waals surface area contributed by atoms with Crippen molar-refractivity contribution >= 4 is 21.6 Å². The molecule has 0 spiro atoms. The van der Waals surface area contributed by atoms with Gasteiger partial charge in [0.25, 0.3) is 0 Å². The SMILES string of the molecule is CC1(C)[C@H]2CC[C@H](CSSC[C@H]3CC[C@H]4C[C@@H]3C4(C)C)[C@@H]1C2. The van der Waals surface area contributed by atoms with Crippen molar-refractivity contribution in [1.82, 2.24) is 0 Å². The number of hydrogen-bond acceptors (Lipinski definition) is 2. The van der Waals surface area contributed by atoms with Gasteiger partial charge < -0.3 is 0 Å². The van der Waals surface area contributed by atoms with Crippen molar-refractivity contribution in [2.24, 2.45) is 46.3 Å². The molecule has 22 heavy (non-hydrogen) atoms. The minimum Gasteiger partial charge on any atom is -0.0938 e. The van der Waals surface area contributed by atoms with Crippen molar-refractivity contribution in [3.05, 3.63) is 0 Å². The Morgan fingerprint density at radius 1 is 0.682 bits per heavy atom. The third-order valence-corrected chi connectivity index (χ3v) is 11.3. The summed E-state index contributed by atoms with van der Waals surface area (Å²) in [5, 5.41) is 0. The summed E-state index contributed by atoms with van der Waals surface area (Å²) in [5.74, 6) is 9.09. The number of rotatable bonds is 5. The Morgan fingerprint density at radius 2 is 1.09 bits per heavy atom. The highest BCUT2D eigenvalue weighted by molar-refractivity contribution is 8.76. The van der Waals surface area contributed by atoms with E-state index in [1.165, 1.54) is 37.2 Å². The molecule has 0 saturated heterocycles. The lowest BCUT2D eigenvalue weighted by Gasteiger charge is -2.60. The first-order chi connectivity index (χ1) is 10.4. The maximum Gasteiger partial charge on any atom is 0.00681 e. The van der Waals surface area contributed by atoms with Gasteiger partial charge in [0, 0.05) is 11.5 Å². The molecule has 126 valence electrons. The predicted molar refractivity (Wildman–Crippen MR) is 101 cm³/mol. The third kappa shape index (κ3) is 2.41. The van der Waals surface area contributed by atoms with Crippen LogP contribution in [0.3, 0.4) is 0 Å². The van der Waals surface area contributed by atoms with Crippen LogP contribution in [0, 0.1) is 46.3 Å². The van der Waals surface area contributed by atoms with Crippen LogP contribution in [0.2, 0.25) is 0 Å². The standard InChI is InChI=1S/C20H34S2/c1-19(2)15-7-5-13(17(19)9-15)11-21-22-12-14-6-8-16-10-18(14)20(16,3)4/h13-18H,5-12H2,1-4H3/t13-,14-,15+,16+,17+,18+/m1/s1. The molecule has 6 saturated carbocycles. The number of fused-ring (bicyclic) bond motifs is 4. The van der Waals surface area contributed by atoms with Crippen molar-refractivity contribution < 1.29 is 0 Å². The van der Waals surface area contributed by atoms with E-state index in [4.69, 9.17) is 0 Å². The molecule has 4 bridgehead atoms. The van der Waals surface area contributed by atoms with Crippen molar-refractivity contribution in [2.75, 3.05) is 11.5 Å². The molecule has 0 aromatic carbocycles. The van der Waals surface area contributed by atoms with Crippen molar-refractivity contribution in [3.63, 3.8) is 0 Å². The summed E-state index contributed by atoms with van der Waals surface area (Å²) in [6.07, 6.45) is 9.16. The lowest BCUT2D eigenvalue weighted by molar-refractivity contribution is -0.0975. The summed E-state index contributed by atoms with van der Waals surface area (Å²) >= 11 is 0. The molecule has 0 aromatic heterocycles. The predicted octanol–water partition coefficient (Wildman–Crippen LogP) is 6.51. The monoisotopic (exact) mass is 338 g/mol. The van der Waals surface area contributed by atoms with E-state index in [2.05, 4.69) is 49.3 Å². The quantitative estimate of drug-likeness (QED) is 0.414. The van der Waals surface area contributed by atoms with E-state index in [0.29, 0.717) is 10.8 Å².